The first-order valence-corrected chi connectivity index (χ1v) is 10.9. The largest absolute Gasteiger partial charge is 0.481 e. The molecule has 0 atom stereocenters. The fourth-order valence-electron chi connectivity index (χ4n) is 4.59. The first kappa shape index (κ1) is 20.2. The van der Waals surface area contributed by atoms with Crippen LogP contribution in [-0.4, -0.2) is 37.6 Å². The van der Waals surface area contributed by atoms with Crippen LogP contribution in [0.15, 0.2) is 61.1 Å². The van der Waals surface area contributed by atoms with E-state index in [4.69, 9.17) is 0 Å². The van der Waals surface area contributed by atoms with Gasteiger partial charge in [-0.25, -0.2) is 4.52 Å². The van der Waals surface area contributed by atoms with E-state index in [1.807, 2.05) is 42.7 Å². The number of hydrogen-bond acceptors (Lipinski definition) is 4. The van der Waals surface area contributed by atoms with Gasteiger partial charge in [0.1, 0.15) is 0 Å². The van der Waals surface area contributed by atoms with Gasteiger partial charge in [-0.2, -0.15) is 5.10 Å². The van der Waals surface area contributed by atoms with Crippen LogP contribution in [0.4, 0.5) is 0 Å². The van der Waals surface area contributed by atoms with Crippen LogP contribution in [0, 0.1) is 5.92 Å². The number of pyridine rings is 2. The Labute approximate surface area is 185 Å². The molecule has 0 radical (unpaired) electrons. The predicted octanol–water partition coefficient (Wildman–Crippen LogP) is 3.85. The van der Waals surface area contributed by atoms with E-state index in [2.05, 4.69) is 27.5 Å². The second kappa shape index (κ2) is 8.42. The summed E-state index contributed by atoms with van der Waals surface area (Å²) in [6.07, 6.45) is 8.44. The van der Waals surface area contributed by atoms with Crippen LogP contribution in [0.1, 0.15) is 47.3 Å². The van der Waals surface area contributed by atoms with Crippen molar-refractivity contribution in [3.63, 3.8) is 0 Å². The van der Waals surface area contributed by atoms with E-state index >= 15 is 0 Å². The number of carbonyl (C=O) groups excluding carboxylic acids is 1. The molecule has 5 rings (SSSR count). The molecule has 0 bridgehead atoms. The van der Waals surface area contributed by atoms with Crippen molar-refractivity contribution in [2.24, 2.45) is 5.92 Å². The maximum Gasteiger partial charge on any atom is 0.306 e. The SMILES string of the molecule is O=C(N[C@H]1CC[C@@H](C(=O)O)CC1)c1cnn2cccc(Cc3cc4ccccc4cn3)c12. The third kappa shape index (κ3) is 3.93. The average Bonchev–Trinajstić information content (AvgIpc) is 3.25. The molecule has 32 heavy (non-hydrogen) atoms. The number of benzene rings is 1. The molecule has 1 amide bonds. The molecule has 7 heteroatoms. The van der Waals surface area contributed by atoms with Gasteiger partial charge in [0.25, 0.3) is 5.91 Å². The van der Waals surface area contributed by atoms with E-state index in [-0.39, 0.29) is 17.9 Å². The lowest BCUT2D eigenvalue weighted by Gasteiger charge is -2.26. The molecule has 3 heterocycles. The summed E-state index contributed by atoms with van der Waals surface area (Å²) in [6.45, 7) is 0. The lowest BCUT2D eigenvalue weighted by atomic mass is 9.86. The van der Waals surface area contributed by atoms with E-state index in [1.54, 1.807) is 10.7 Å². The molecule has 4 aromatic rings. The quantitative estimate of drug-likeness (QED) is 0.503. The van der Waals surface area contributed by atoms with Crippen LogP contribution in [-0.2, 0) is 11.2 Å². The number of carboxylic acid groups (broad SMARTS) is 1. The highest BCUT2D eigenvalue weighted by Crippen LogP contribution is 2.26. The molecule has 0 saturated heterocycles. The number of carbonyl (C=O) groups is 2. The Morgan fingerprint density at radius 3 is 2.59 bits per heavy atom. The van der Waals surface area contributed by atoms with Crippen LogP contribution in [0.25, 0.3) is 16.3 Å². The summed E-state index contributed by atoms with van der Waals surface area (Å²) in [6, 6.07) is 14.1. The van der Waals surface area contributed by atoms with Crippen molar-refractivity contribution in [1.29, 1.82) is 0 Å². The fourth-order valence-corrected chi connectivity index (χ4v) is 4.59. The molecular weight excluding hydrogens is 404 g/mol. The van der Waals surface area contributed by atoms with Crippen molar-refractivity contribution in [2.45, 2.75) is 38.1 Å². The lowest BCUT2D eigenvalue weighted by Crippen LogP contribution is -2.38. The van der Waals surface area contributed by atoms with E-state index < -0.39 is 5.97 Å². The van der Waals surface area contributed by atoms with E-state index in [0.717, 1.165) is 27.5 Å². The normalized spacial score (nSPS) is 18.6. The van der Waals surface area contributed by atoms with Crippen molar-refractivity contribution in [1.82, 2.24) is 19.9 Å². The Morgan fingerprint density at radius 2 is 1.81 bits per heavy atom. The molecule has 7 nitrogen and oxygen atoms in total. The average molecular weight is 428 g/mol. The van der Waals surface area contributed by atoms with Gasteiger partial charge in [0.2, 0.25) is 0 Å². The number of carboxylic acids is 1. The summed E-state index contributed by atoms with van der Waals surface area (Å²) in [5, 5.41) is 18.9. The molecular formula is C25H24N4O3. The van der Waals surface area contributed by atoms with E-state index in [1.165, 1.54) is 0 Å². The van der Waals surface area contributed by atoms with Gasteiger partial charge in [-0.3, -0.25) is 14.6 Å². The van der Waals surface area contributed by atoms with Crippen molar-refractivity contribution in [3.05, 3.63) is 77.9 Å². The van der Waals surface area contributed by atoms with Gasteiger partial charge in [-0.15, -0.1) is 0 Å². The highest BCUT2D eigenvalue weighted by Gasteiger charge is 2.27. The second-order valence-electron chi connectivity index (χ2n) is 8.44. The number of aromatic nitrogens is 3. The zero-order valence-corrected chi connectivity index (χ0v) is 17.6. The molecule has 1 fully saturated rings. The molecule has 0 unspecified atom stereocenters. The molecule has 1 aliphatic rings. The number of nitrogens with one attached hydrogen (secondary N) is 1. The van der Waals surface area contributed by atoms with Gasteiger partial charge in [-0.05, 0) is 48.8 Å². The first-order chi connectivity index (χ1) is 15.6. The fraction of sp³-hybridized carbons (Fsp3) is 0.280. The molecule has 1 aromatic carbocycles. The van der Waals surface area contributed by atoms with Crippen LogP contribution < -0.4 is 5.32 Å². The van der Waals surface area contributed by atoms with Crippen LogP contribution in [0.5, 0.6) is 0 Å². The van der Waals surface area contributed by atoms with Gasteiger partial charge < -0.3 is 10.4 Å². The Bertz CT molecular complexity index is 1310. The Balaban J connectivity index is 1.39. The molecule has 0 aliphatic heterocycles. The highest BCUT2D eigenvalue weighted by molar-refractivity contribution is 6.01. The smallest absolute Gasteiger partial charge is 0.306 e. The number of fused-ring (bicyclic) bond motifs is 2. The summed E-state index contributed by atoms with van der Waals surface area (Å²) >= 11 is 0. The van der Waals surface area contributed by atoms with Gasteiger partial charge in [0.15, 0.2) is 0 Å². The summed E-state index contributed by atoms with van der Waals surface area (Å²) in [7, 11) is 0. The Morgan fingerprint density at radius 1 is 1.03 bits per heavy atom. The van der Waals surface area contributed by atoms with Crippen LogP contribution >= 0.6 is 0 Å². The minimum absolute atomic E-state index is 0.0117. The number of hydrogen-bond donors (Lipinski definition) is 2. The highest BCUT2D eigenvalue weighted by atomic mass is 16.4. The number of aliphatic carboxylic acids is 1. The molecule has 162 valence electrons. The monoisotopic (exact) mass is 428 g/mol. The zero-order valence-electron chi connectivity index (χ0n) is 17.6. The summed E-state index contributed by atoms with van der Waals surface area (Å²) in [5.74, 6) is -1.22. The molecule has 1 saturated carbocycles. The van der Waals surface area contributed by atoms with Gasteiger partial charge in [-0.1, -0.05) is 30.3 Å². The molecule has 2 N–H and O–H groups in total. The Hall–Kier alpha value is -3.74. The maximum absolute atomic E-state index is 13.1. The predicted molar refractivity (Wildman–Crippen MR) is 121 cm³/mol. The lowest BCUT2D eigenvalue weighted by molar-refractivity contribution is -0.142. The number of nitrogens with zero attached hydrogens (tertiary/aromatic N) is 3. The van der Waals surface area contributed by atoms with Gasteiger partial charge in [0.05, 0.1) is 23.2 Å². The number of amides is 1. The molecule has 1 aliphatic carbocycles. The van der Waals surface area contributed by atoms with E-state index in [9.17, 15) is 14.7 Å². The Kier molecular flexibility index (Phi) is 5.31. The summed E-state index contributed by atoms with van der Waals surface area (Å²) < 4.78 is 1.73. The molecule has 3 aromatic heterocycles. The zero-order chi connectivity index (χ0) is 22.1. The summed E-state index contributed by atoms with van der Waals surface area (Å²) in [4.78, 5) is 28.9. The summed E-state index contributed by atoms with van der Waals surface area (Å²) in [5.41, 5.74) is 3.21. The third-order valence-electron chi connectivity index (χ3n) is 6.34. The van der Waals surface area contributed by atoms with E-state index in [0.29, 0.717) is 37.7 Å². The van der Waals surface area contributed by atoms with Crippen molar-refractivity contribution >= 4 is 28.2 Å². The van der Waals surface area contributed by atoms with Crippen molar-refractivity contribution in [2.75, 3.05) is 0 Å². The first-order valence-electron chi connectivity index (χ1n) is 10.9. The standard InChI is InChI=1S/C25H24N4O3/c30-24(28-20-9-7-16(8-10-20)25(31)32)22-15-27-29-11-3-6-18(23(22)29)13-21-12-17-4-1-2-5-19(17)14-26-21/h1-6,11-12,14-16,20H,7-10,13H2,(H,28,30)(H,31,32)/t16-,20+. The topological polar surface area (TPSA) is 96.6 Å². The molecule has 0 spiro atoms. The van der Waals surface area contributed by atoms with Gasteiger partial charge >= 0.3 is 5.97 Å². The minimum atomic E-state index is -0.746. The minimum Gasteiger partial charge on any atom is -0.481 e. The second-order valence-corrected chi connectivity index (χ2v) is 8.44. The van der Waals surface area contributed by atoms with Crippen LogP contribution in [0.3, 0.4) is 0 Å². The van der Waals surface area contributed by atoms with Crippen molar-refractivity contribution in [3.8, 4) is 0 Å². The van der Waals surface area contributed by atoms with Crippen molar-refractivity contribution < 1.29 is 14.7 Å². The maximum atomic E-state index is 13.1. The number of rotatable bonds is 5. The third-order valence-corrected chi connectivity index (χ3v) is 6.34. The van der Waals surface area contributed by atoms with Crippen LogP contribution in [0.2, 0.25) is 0 Å². The van der Waals surface area contributed by atoms with Gasteiger partial charge in [0, 0.05) is 35.9 Å².